The molecule has 0 aromatic carbocycles. The van der Waals surface area contributed by atoms with Gasteiger partial charge in [-0.2, -0.15) is 0 Å². The highest BCUT2D eigenvalue weighted by Gasteiger charge is 2.31. The molecule has 0 spiro atoms. The maximum atomic E-state index is 12.3. The van der Waals surface area contributed by atoms with E-state index in [1.165, 1.54) is 0 Å². The van der Waals surface area contributed by atoms with Crippen LogP contribution >= 0.6 is 0 Å². The second kappa shape index (κ2) is 4.65. The number of hydrogen-bond acceptors (Lipinski definition) is 1. The van der Waals surface area contributed by atoms with Crippen LogP contribution in [0.3, 0.4) is 0 Å². The molecule has 0 bridgehead atoms. The number of halogens is 2. The molecule has 0 amide bonds. The van der Waals surface area contributed by atoms with Crippen LogP contribution in [-0.2, 0) is 0 Å². The maximum Gasteiger partial charge on any atom is 0.256 e. The molecule has 1 nitrogen and oxygen atoms in total. The molecule has 0 saturated heterocycles. The molecule has 0 heterocycles. The van der Waals surface area contributed by atoms with E-state index in [0.717, 1.165) is 6.42 Å². The minimum absolute atomic E-state index is 0.463. The summed E-state index contributed by atoms with van der Waals surface area (Å²) in [6.07, 6.45) is -0.925. The van der Waals surface area contributed by atoms with Crippen molar-refractivity contribution in [3.05, 3.63) is 0 Å². The monoisotopic (exact) mass is 165 g/mol. The number of hydrogen-bond donors (Lipinski definition) is 1. The third-order valence-corrected chi connectivity index (χ3v) is 1.99. The molecule has 0 aliphatic rings. The van der Waals surface area contributed by atoms with Gasteiger partial charge >= 0.3 is 0 Å². The van der Waals surface area contributed by atoms with Crippen LogP contribution in [0.4, 0.5) is 8.78 Å². The molecule has 0 rings (SSSR count). The second-order valence-electron chi connectivity index (χ2n) is 3.00. The van der Waals surface area contributed by atoms with E-state index < -0.39 is 12.0 Å². The molecule has 0 aromatic rings. The van der Waals surface area contributed by atoms with Gasteiger partial charge in [0.15, 0.2) is 0 Å². The highest BCUT2D eigenvalue weighted by Crippen LogP contribution is 2.18. The van der Waals surface area contributed by atoms with Crippen LogP contribution in [0.25, 0.3) is 0 Å². The van der Waals surface area contributed by atoms with E-state index in [0.29, 0.717) is 13.0 Å². The predicted octanol–water partition coefficient (Wildman–Crippen LogP) is 2.42. The number of rotatable bonds is 5. The third kappa shape index (κ3) is 3.14. The van der Waals surface area contributed by atoms with Gasteiger partial charge in [0.25, 0.3) is 6.43 Å². The summed E-state index contributed by atoms with van der Waals surface area (Å²) in [7, 11) is 0. The average molecular weight is 165 g/mol. The Balaban J connectivity index is 3.88. The Morgan fingerprint density at radius 1 is 1.36 bits per heavy atom. The summed E-state index contributed by atoms with van der Waals surface area (Å²) in [4.78, 5) is 0. The smallest absolute Gasteiger partial charge is 0.256 e. The predicted molar refractivity (Wildman–Crippen MR) is 43.0 cm³/mol. The fraction of sp³-hybridized carbons (Fsp3) is 1.00. The van der Waals surface area contributed by atoms with Crippen LogP contribution in [-0.4, -0.2) is 18.5 Å². The van der Waals surface area contributed by atoms with E-state index in [-0.39, 0.29) is 0 Å². The molecular weight excluding hydrogens is 148 g/mol. The van der Waals surface area contributed by atoms with E-state index in [2.05, 4.69) is 5.32 Å². The van der Waals surface area contributed by atoms with Gasteiger partial charge in [-0.3, -0.25) is 0 Å². The van der Waals surface area contributed by atoms with Crippen molar-refractivity contribution in [2.45, 2.75) is 45.6 Å². The molecule has 68 valence electrons. The van der Waals surface area contributed by atoms with Gasteiger partial charge in [-0.15, -0.1) is 0 Å². The summed E-state index contributed by atoms with van der Waals surface area (Å²) < 4.78 is 24.7. The topological polar surface area (TPSA) is 12.0 Å². The Morgan fingerprint density at radius 3 is 2.18 bits per heavy atom. The van der Waals surface area contributed by atoms with Crippen molar-refractivity contribution >= 4 is 0 Å². The van der Waals surface area contributed by atoms with Crippen molar-refractivity contribution in [1.82, 2.24) is 5.32 Å². The van der Waals surface area contributed by atoms with Crippen LogP contribution in [0, 0.1) is 0 Å². The fourth-order valence-electron chi connectivity index (χ4n) is 0.767. The molecule has 0 fully saturated rings. The van der Waals surface area contributed by atoms with Crippen molar-refractivity contribution in [2.24, 2.45) is 0 Å². The van der Waals surface area contributed by atoms with E-state index in [4.69, 9.17) is 0 Å². The molecule has 0 radical (unpaired) electrons. The van der Waals surface area contributed by atoms with Gasteiger partial charge in [-0.05, 0) is 26.3 Å². The van der Waals surface area contributed by atoms with Gasteiger partial charge in [0.2, 0.25) is 0 Å². The van der Waals surface area contributed by atoms with Crippen molar-refractivity contribution in [3.8, 4) is 0 Å². The van der Waals surface area contributed by atoms with Gasteiger partial charge in [0.05, 0.1) is 5.54 Å². The first kappa shape index (κ1) is 10.8. The Bertz CT molecular complexity index is 106. The van der Waals surface area contributed by atoms with Gasteiger partial charge in [0, 0.05) is 0 Å². The van der Waals surface area contributed by atoms with Gasteiger partial charge in [-0.1, -0.05) is 13.8 Å². The summed E-state index contributed by atoms with van der Waals surface area (Å²) >= 11 is 0. The lowest BCUT2D eigenvalue weighted by Crippen LogP contribution is -2.48. The average Bonchev–Trinajstić information content (AvgIpc) is 2.00. The summed E-state index contributed by atoms with van der Waals surface area (Å²) in [5.41, 5.74) is -0.990. The normalized spacial score (nSPS) is 16.9. The lowest BCUT2D eigenvalue weighted by atomic mass is 10.00. The van der Waals surface area contributed by atoms with E-state index in [9.17, 15) is 8.78 Å². The number of nitrogens with one attached hydrogen (secondary N) is 1. The minimum Gasteiger partial charge on any atom is -0.307 e. The van der Waals surface area contributed by atoms with E-state index in [1.54, 1.807) is 13.8 Å². The molecule has 11 heavy (non-hydrogen) atoms. The van der Waals surface area contributed by atoms with Crippen molar-refractivity contribution in [1.29, 1.82) is 0 Å². The van der Waals surface area contributed by atoms with Gasteiger partial charge < -0.3 is 5.32 Å². The van der Waals surface area contributed by atoms with Crippen LogP contribution in [0.2, 0.25) is 0 Å². The fourth-order valence-corrected chi connectivity index (χ4v) is 0.767. The van der Waals surface area contributed by atoms with Crippen LogP contribution in [0.5, 0.6) is 0 Å². The molecule has 1 unspecified atom stereocenters. The zero-order valence-corrected chi connectivity index (χ0v) is 7.45. The molecule has 1 N–H and O–H groups in total. The van der Waals surface area contributed by atoms with E-state index >= 15 is 0 Å². The van der Waals surface area contributed by atoms with E-state index in [1.807, 2.05) is 6.92 Å². The largest absolute Gasteiger partial charge is 0.307 e. The van der Waals surface area contributed by atoms with Crippen LogP contribution in [0.15, 0.2) is 0 Å². The highest BCUT2D eigenvalue weighted by molar-refractivity contribution is 4.83. The third-order valence-electron chi connectivity index (χ3n) is 1.99. The standard InChI is InChI=1S/C8H17F2N/c1-4-6-11-8(3,5-2)7(9)10/h7,11H,4-6H2,1-3H3. The molecule has 0 aliphatic carbocycles. The maximum absolute atomic E-state index is 12.3. The number of alkyl halides is 2. The SMILES string of the molecule is CCCNC(C)(CC)C(F)F. The van der Waals surface area contributed by atoms with Crippen molar-refractivity contribution < 1.29 is 8.78 Å². The minimum atomic E-state index is -2.28. The summed E-state index contributed by atoms with van der Waals surface area (Å²) in [5.74, 6) is 0. The quantitative estimate of drug-likeness (QED) is 0.659. The summed E-state index contributed by atoms with van der Waals surface area (Å²) in [6, 6.07) is 0. The van der Waals surface area contributed by atoms with Crippen molar-refractivity contribution in [2.75, 3.05) is 6.54 Å². The zero-order valence-electron chi connectivity index (χ0n) is 7.45. The first-order valence-corrected chi connectivity index (χ1v) is 4.10. The van der Waals surface area contributed by atoms with Crippen molar-refractivity contribution in [3.63, 3.8) is 0 Å². The Labute approximate surface area is 67.2 Å². The summed E-state index contributed by atoms with van der Waals surface area (Å²) in [6.45, 7) is 5.96. The molecule has 0 aliphatic heterocycles. The summed E-state index contributed by atoms with van der Waals surface area (Å²) in [5, 5.41) is 2.84. The van der Waals surface area contributed by atoms with Gasteiger partial charge in [0.1, 0.15) is 0 Å². The zero-order chi connectivity index (χ0) is 8.91. The molecular formula is C8H17F2N. The molecule has 0 aromatic heterocycles. The van der Waals surface area contributed by atoms with Crippen LogP contribution < -0.4 is 5.32 Å². The van der Waals surface area contributed by atoms with Gasteiger partial charge in [-0.25, -0.2) is 8.78 Å². The first-order valence-electron chi connectivity index (χ1n) is 4.10. The molecule has 1 atom stereocenters. The van der Waals surface area contributed by atoms with Crippen LogP contribution in [0.1, 0.15) is 33.6 Å². The Hall–Kier alpha value is -0.180. The lowest BCUT2D eigenvalue weighted by molar-refractivity contribution is 0.0382. The lowest BCUT2D eigenvalue weighted by Gasteiger charge is -2.28. The Morgan fingerprint density at radius 2 is 1.91 bits per heavy atom. The second-order valence-corrected chi connectivity index (χ2v) is 3.00. The molecule has 3 heteroatoms. The molecule has 0 saturated carbocycles. The highest BCUT2D eigenvalue weighted by atomic mass is 19.3. The Kier molecular flexibility index (Phi) is 4.57. The first-order chi connectivity index (χ1) is 5.06.